The van der Waals surface area contributed by atoms with Gasteiger partial charge < -0.3 is 24.7 Å². The molecule has 1 aromatic heterocycles. The second-order valence-corrected chi connectivity index (χ2v) is 5.95. The van der Waals surface area contributed by atoms with Crippen molar-refractivity contribution in [2.75, 3.05) is 53.5 Å². The number of nitrogens with one attached hydrogen (secondary N) is 2. The summed E-state index contributed by atoms with van der Waals surface area (Å²) in [6, 6.07) is 3.89. The van der Waals surface area contributed by atoms with Gasteiger partial charge in [-0.15, -0.1) is 0 Å². The Kier molecular flexibility index (Phi) is 10.6. The highest BCUT2D eigenvalue weighted by Crippen LogP contribution is 1.99. The number of ether oxygens (including phenoxy) is 1. The van der Waals surface area contributed by atoms with E-state index in [0.717, 1.165) is 62.9 Å². The number of furan rings is 1. The molecule has 24 heavy (non-hydrogen) atoms. The topological polar surface area (TPSA) is 62.0 Å². The fourth-order valence-corrected chi connectivity index (χ4v) is 2.10. The summed E-state index contributed by atoms with van der Waals surface area (Å²) in [7, 11) is 3.85. The van der Waals surface area contributed by atoms with Gasteiger partial charge >= 0.3 is 0 Å². The van der Waals surface area contributed by atoms with Gasteiger partial charge in [-0.05, 0) is 32.5 Å². The number of hydrogen-bond donors (Lipinski definition) is 2. The smallest absolute Gasteiger partial charge is 0.191 e. The first-order valence-corrected chi connectivity index (χ1v) is 8.48. The van der Waals surface area contributed by atoms with Gasteiger partial charge in [-0.1, -0.05) is 12.2 Å². The minimum Gasteiger partial charge on any atom is -0.469 e. The lowest BCUT2D eigenvalue weighted by Crippen LogP contribution is -2.42. The average Bonchev–Trinajstić information content (AvgIpc) is 3.05. The van der Waals surface area contributed by atoms with E-state index < -0.39 is 0 Å². The van der Waals surface area contributed by atoms with Crippen LogP contribution in [0.25, 0.3) is 0 Å². The Hall–Kier alpha value is -1.79. The summed E-state index contributed by atoms with van der Waals surface area (Å²) in [4.78, 5) is 6.82. The van der Waals surface area contributed by atoms with Crippen LogP contribution in [0, 0.1) is 0 Å². The maximum absolute atomic E-state index is 5.34. The van der Waals surface area contributed by atoms with Gasteiger partial charge in [0.25, 0.3) is 0 Å². The largest absolute Gasteiger partial charge is 0.469 e. The molecule has 0 aliphatic heterocycles. The summed E-state index contributed by atoms with van der Waals surface area (Å²) in [5.41, 5.74) is 1.04. The highest BCUT2D eigenvalue weighted by atomic mass is 16.5. The monoisotopic (exact) mass is 336 g/mol. The van der Waals surface area contributed by atoms with Gasteiger partial charge in [0.1, 0.15) is 5.76 Å². The van der Waals surface area contributed by atoms with E-state index >= 15 is 0 Å². The zero-order chi connectivity index (χ0) is 17.6. The van der Waals surface area contributed by atoms with Gasteiger partial charge in [0.05, 0.1) is 12.8 Å². The molecule has 1 heterocycles. The van der Waals surface area contributed by atoms with Gasteiger partial charge in [-0.25, -0.2) is 4.99 Å². The third-order valence-electron chi connectivity index (χ3n) is 3.43. The molecule has 0 radical (unpaired) electrons. The maximum atomic E-state index is 5.34. The van der Waals surface area contributed by atoms with Crippen LogP contribution >= 0.6 is 0 Å². The second-order valence-electron chi connectivity index (χ2n) is 5.95. The lowest BCUT2D eigenvalue weighted by molar-refractivity contribution is 0.180. The fourth-order valence-electron chi connectivity index (χ4n) is 2.10. The predicted molar refractivity (Wildman–Crippen MR) is 99.5 cm³/mol. The van der Waals surface area contributed by atoms with Crippen LogP contribution in [0.3, 0.4) is 0 Å². The van der Waals surface area contributed by atoms with Crippen molar-refractivity contribution in [1.82, 2.24) is 15.5 Å². The van der Waals surface area contributed by atoms with Crippen LogP contribution in [0.4, 0.5) is 0 Å². The van der Waals surface area contributed by atoms with Gasteiger partial charge in [0.2, 0.25) is 0 Å². The number of hydrogen-bond acceptors (Lipinski definition) is 4. The van der Waals surface area contributed by atoms with Crippen LogP contribution in [0.15, 0.2) is 40.0 Å². The van der Waals surface area contributed by atoms with Crippen molar-refractivity contribution in [3.05, 3.63) is 36.3 Å². The molecule has 0 aliphatic rings. The molecule has 0 saturated carbocycles. The van der Waals surface area contributed by atoms with Crippen molar-refractivity contribution in [2.24, 2.45) is 4.99 Å². The zero-order valence-electron chi connectivity index (χ0n) is 15.3. The molecule has 6 nitrogen and oxygen atoms in total. The summed E-state index contributed by atoms with van der Waals surface area (Å²) >= 11 is 0. The van der Waals surface area contributed by atoms with Gasteiger partial charge in [-0.2, -0.15) is 0 Å². The third kappa shape index (κ3) is 10.1. The molecule has 0 unspecified atom stereocenters. The predicted octanol–water partition coefficient (Wildman–Crippen LogP) is 1.90. The van der Waals surface area contributed by atoms with E-state index in [4.69, 9.17) is 9.15 Å². The van der Waals surface area contributed by atoms with Crippen molar-refractivity contribution >= 4 is 5.96 Å². The van der Waals surface area contributed by atoms with Crippen LogP contribution in [0.2, 0.25) is 0 Å². The maximum Gasteiger partial charge on any atom is 0.191 e. The molecule has 6 heteroatoms. The lowest BCUT2D eigenvalue weighted by atomic mass is 10.3. The number of aliphatic imine (C=N–C) groups is 1. The first-order chi connectivity index (χ1) is 11.6. The average molecular weight is 336 g/mol. The fraction of sp³-hybridized carbons (Fsp3) is 0.611. The van der Waals surface area contributed by atoms with Crippen molar-refractivity contribution in [3.8, 4) is 0 Å². The molecule has 0 atom stereocenters. The van der Waals surface area contributed by atoms with Crippen LogP contribution in [-0.2, 0) is 11.2 Å². The van der Waals surface area contributed by atoms with Crippen molar-refractivity contribution in [1.29, 1.82) is 0 Å². The Bertz CT molecular complexity index is 471. The Labute approximate surface area is 146 Å². The van der Waals surface area contributed by atoms with E-state index in [1.807, 2.05) is 19.1 Å². The molecule has 0 saturated heterocycles. The van der Waals surface area contributed by atoms with Crippen molar-refractivity contribution in [2.45, 2.75) is 19.8 Å². The third-order valence-corrected chi connectivity index (χ3v) is 3.43. The van der Waals surface area contributed by atoms with E-state index in [0.29, 0.717) is 6.54 Å². The SMILES string of the molecule is C=C(C)CN=C(NCCc1ccco1)NCCN(C)CCCOC. The lowest BCUT2D eigenvalue weighted by Gasteiger charge is -2.18. The molecule has 136 valence electrons. The minimum atomic E-state index is 0.625. The number of nitrogens with zero attached hydrogens (tertiary/aromatic N) is 2. The van der Waals surface area contributed by atoms with E-state index in [-0.39, 0.29) is 0 Å². The highest BCUT2D eigenvalue weighted by Gasteiger charge is 2.02. The Morgan fingerprint density at radius 3 is 2.79 bits per heavy atom. The summed E-state index contributed by atoms with van der Waals surface area (Å²) < 4.78 is 10.4. The van der Waals surface area contributed by atoms with Crippen LogP contribution in [0.5, 0.6) is 0 Å². The zero-order valence-corrected chi connectivity index (χ0v) is 15.3. The van der Waals surface area contributed by atoms with E-state index in [1.54, 1.807) is 13.4 Å². The molecule has 0 aliphatic carbocycles. The standard InChI is InChI=1S/C18H32N4O2/c1-16(2)15-21-18(19-9-8-17-7-5-14-24-17)20-10-12-22(3)11-6-13-23-4/h5,7,14H,1,6,8-13,15H2,2-4H3,(H2,19,20,21). The van der Waals surface area contributed by atoms with Crippen molar-refractivity contribution in [3.63, 3.8) is 0 Å². The molecular weight excluding hydrogens is 304 g/mol. The molecule has 0 spiro atoms. The first kappa shape index (κ1) is 20.3. The van der Waals surface area contributed by atoms with Crippen LogP contribution in [0.1, 0.15) is 19.1 Å². The van der Waals surface area contributed by atoms with Crippen LogP contribution < -0.4 is 10.6 Å². The normalized spacial score (nSPS) is 11.8. The number of rotatable bonds is 12. The van der Waals surface area contributed by atoms with Crippen molar-refractivity contribution < 1.29 is 9.15 Å². The molecule has 1 rings (SSSR count). The molecule has 0 amide bonds. The number of methoxy groups -OCH3 is 1. The summed E-state index contributed by atoms with van der Waals surface area (Å²) in [6.07, 6.45) is 3.58. The molecule has 0 bridgehead atoms. The number of likely N-dealkylation sites (N-methyl/N-ethyl adjacent to an activating group) is 1. The Morgan fingerprint density at radius 1 is 1.33 bits per heavy atom. The number of guanidine groups is 1. The quantitative estimate of drug-likeness (QED) is 0.264. The molecule has 2 N–H and O–H groups in total. The molecular formula is C18H32N4O2. The van der Waals surface area contributed by atoms with Gasteiger partial charge in [-0.3, -0.25) is 0 Å². The van der Waals surface area contributed by atoms with Crippen LogP contribution in [-0.4, -0.2) is 64.3 Å². The van der Waals surface area contributed by atoms with Gasteiger partial charge in [0, 0.05) is 46.3 Å². The Morgan fingerprint density at radius 2 is 2.12 bits per heavy atom. The summed E-state index contributed by atoms with van der Waals surface area (Å²) in [5, 5.41) is 6.71. The summed E-state index contributed by atoms with van der Waals surface area (Å²) in [6.45, 7) is 10.9. The van der Waals surface area contributed by atoms with E-state index in [1.165, 1.54) is 0 Å². The molecule has 0 fully saturated rings. The Balaban J connectivity index is 2.30. The first-order valence-electron chi connectivity index (χ1n) is 8.48. The summed E-state index contributed by atoms with van der Waals surface area (Å²) in [5.74, 6) is 1.79. The van der Waals surface area contributed by atoms with E-state index in [9.17, 15) is 0 Å². The van der Waals surface area contributed by atoms with Gasteiger partial charge in [0.15, 0.2) is 5.96 Å². The molecule has 0 aromatic carbocycles. The highest BCUT2D eigenvalue weighted by molar-refractivity contribution is 5.79. The minimum absolute atomic E-state index is 0.625. The van der Waals surface area contributed by atoms with E-state index in [2.05, 4.69) is 34.2 Å². The second kappa shape index (κ2) is 12.6. The molecule has 1 aromatic rings.